The first-order valence-electron chi connectivity index (χ1n) is 6.90. The monoisotopic (exact) mass is 343 g/mol. The van der Waals surface area contributed by atoms with Crippen LogP contribution in [-0.4, -0.2) is 16.6 Å². The number of fused-ring (bicyclic) bond motifs is 1. The quantitative estimate of drug-likeness (QED) is 0.494. The van der Waals surface area contributed by atoms with E-state index < -0.39 is 0 Å². The largest absolute Gasteiger partial charge is 0.294 e. The van der Waals surface area contributed by atoms with Gasteiger partial charge in [0, 0.05) is 32.8 Å². The number of hydrogen-bond acceptors (Lipinski definition) is 3. The zero-order chi connectivity index (χ0) is 16.4. The van der Waals surface area contributed by atoms with Gasteiger partial charge in [-0.1, -0.05) is 29.3 Å². The first-order valence-corrected chi connectivity index (χ1v) is 7.66. The molecule has 0 bridgehead atoms. The van der Waals surface area contributed by atoms with Crippen LogP contribution in [-0.2, 0) is 0 Å². The van der Waals surface area contributed by atoms with E-state index >= 15 is 0 Å². The van der Waals surface area contributed by atoms with Gasteiger partial charge >= 0.3 is 0 Å². The minimum atomic E-state index is -0.314. The van der Waals surface area contributed by atoms with Gasteiger partial charge in [0.1, 0.15) is 0 Å². The highest BCUT2D eigenvalue weighted by molar-refractivity contribution is 6.35. The van der Waals surface area contributed by atoms with Crippen molar-refractivity contribution in [3.63, 3.8) is 0 Å². The summed E-state index contributed by atoms with van der Waals surface area (Å²) in [5, 5.41) is 1.59. The van der Waals surface area contributed by atoms with Gasteiger partial charge in [0.05, 0.1) is 11.9 Å². The number of nitrogens with zero attached hydrogens (tertiary/aromatic N) is 1. The molecule has 23 heavy (non-hydrogen) atoms. The van der Waals surface area contributed by atoms with Crippen LogP contribution in [0.25, 0.3) is 10.9 Å². The summed E-state index contributed by atoms with van der Waals surface area (Å²) in [6.45, 7) is 0. The molecule has 0 atom stereocenters. The molecule has 0 aliphatic carbocycles. The van der Waals surface area contributed by atoms with Crippen molar-refractivity contribution in [1.82, 2.24) is 4.98 Å². The highest BCUT2D eigenvalue weighted by Crippen LogP contribution is 2.21. The Morgan fingerprint density at radius 3 is 2.30 bits per heavy atom. The molecule has 0 spiro atoms. The van der Waals surface area contributed by atoms with Crippen molar-refractivity contribution in [2.45, 2.75) is 6.42 Å². The summed E-state index contributed by atoms with van der Waals surface area (Å²) in [7, 11) is 0. The summed E-state index contributed by atoms with van der Waals surface area (Å²) in [5.41, 5.74) is 1.61. The second-order valence-corrected chi connectivity index (χ2v) is 5.97. The van der Waals surface area contributed by atoms with E-state index in [0.29, 0.717) is 21.2 Å². The number of rotatable bonds is 4. The van der Waals surface area contributed by atoms with Gasteiger partial charge in [-0.3, -0.25) is 14.6 Å². The van der Waals surface area contributed by atoms with Gasteiger partial charge < -0.3 is 0 Å². The molecule has 1 aromatic heterocycles. The van der Waals surface area contributed by atoms with E-state index in [1.165, 1.54) is 18.2 Å². The lowest BCUT2D eigenvalue weighted by Gasteiger charge is -2.04. The topological polar surface area (TPSA) is 47.0 Å². The summed E-state index contributed by atoms with van der Waals surface area (Å²) in [6, 6.07) is 13.4. The Morgan fingerprint density at radius 1 is 0.870 bits per heavy atom. The summed E-state index contributed by atoms with van der Waals surface area (Å²) >= 11 is 11.8. The number of aromatic nitrogens is 1. The Morgan fingerprint density at radius 2 is 1.57 bits per heavy atom. The molecule has 3 rings (SSSR count). The first-order chi connectivity index (χ1) is 11.0. The van der Waals surface area contributed by atoms with E-state index in [9.17, 15) is 9.59 Å². The molecular weight excluding hydrogens is 333 g/mol. The molecule has 3 nitrogen and oxygen atoms in total. The van der Waals surface area contributed by atoms with Crippen LogP contribution < -0.4 is 0 Å². The van der Waals surface area contributed by atoms with Crippen LogP contribution in [0.1, 0.15) is 27.1 Å². The number of hydrogen-bond donors (Lipinski definition) is 0. The summed E-state index contributed by atoms with van der Waals surface area (Å²) in [5.74, 6) is -0.567. The molecule has 2 aromatic carbocycles. The van der Waals surface area contributed by atoms with Crippen molar-refractivity contribution in [2.75, 3.05) is 0 Å². The average molecular weight is 344 g/mol. The Kier molecular flexibility index (Phi) is 4.42. The van der Waals surface area contributed by atoms with Crippen molar-refractivity contribution < 1.29 is 9.59 Å². The minimum Gasteiger partial charge on any atom is -0.294 e. The highest BCUT2D eigenvalue weighted by Gasteiger charge is 2.15. The van der Waals surface area contributed by atoms with Gasteiger partial charge in [0.15, 0.2) is 11.6 Å². The smallest absolute Gasteiger partial charge is 0.170 e. The molecule has 5 heteroatoms. The maximum atomic E-state index is 12.3. The molecule has 0 N–H and O–H groups in total. The van der Waals surface area contributed by atoms with E-state index in [-0.39, 0.29) is 18.0 Å². The van der Waals surface area contributed by atoms with E-state index in [2.05, 4.69) is 4.98 Å². The SMILES string of the molecule is O=C(CC(=O)c1ccc2ncccc2c1)c1cc(Cl)cc(Cl)c1. The second-order valence-electron chi connectivity index (χ2n) is 5.09. The van der Waals surface area contributed by atoms with Gasteiger partial charge in [-0.15, -0.1) is 0 Å². The van der Waals surface area contributed by atoms with Crippen molar-refractivity contribution in [3.05, 3.63) is 75.9 Å². The van der Waals surface area contributed by atoms with Crippen molar-refractivity contribution in [1.29, 1.82) is 0 Å². The van der Waals surface area contributed by atoms with Crippen molar-refractivity contribution in [2.24, 2.45) is 0 Å². The molecule has 0 fully saturated rings. The lowest BCUT2D eigenvalue weighted by molar-refractivity contribution is 0.0894. The van der Waals surface area contributed by atoms with Crippen molar-refractivity contribution in [3.8, 4) is 0 Å². The maximum Gasteiger partial charge on any atom is 0.170 e. The van der Waals surface area contributed by atoms with E-state index in [4.69, 9.17) is 23.2 Å². The van der Waals surface area contributed by atoms with E-state index in [1.807, 2.05) is 6.07 Å². The molecule has 0 unspecified atom stereocenters. The van der Waals surface area contributed by atoms with Crippen LogP contribution in [0.3, 0.4) is 0 Å². The molecule has 0 amide bonds. The van der Waals surface area contributed by atoms with Crippen LogP contribution in [0.4, 0.5) is 0 Å². The number of carbonyl (C=O) groups is 2. The predicted molar refractivity (Wildman–Crippen MR) is 91.5 cm³/mol. The summed E-state index contributed by atoms with van der Waals surface area (Å²) in [6.07, 6.45) is 1.46. The van der Waals surface area contributed by atoms with Crippen LogP contribution >= 0.6 is 23.2 Å². The molecule has 114 valence electrons. The Hall–Kier alpha value is -2.23. The van der Waals surface area contributed by atoms with Gasteiger partial charge in [-0.25, -0.2) is 0 Å². The maximum absolute atomic E-state index is 12.3. The zero-order valence-electron chi connectivity index (χ0n) is 11.9. The lowest BCUT2D eigenvalue weighted by atomic mass is 10.0. The van der Waals surface area contributed by atoms with E-state index in [0.717, 1.165) is 10.9 Å². The average Bonchev–Trinajstić information content (AvgIpc) is 2.53. The third-order valence-corrected chi connectivity index (χ3v) is 3.87. The predicted octanol–water partition coefficient (Wildman–Crippen LogP) is 5.00. The van der Waals surface area contributed by atoms with Crippen LogP contribution in [0.5, 0.6) is 0 Å². The Bertz CT molecular complexity index is 902. The standard InChI is InChI=1S/C18H11Cl2NO2/c19-14-7-13(8-15(20)9-14)18(23)10-17(22)12-3-4-16-11(6-12)2-1-5-21-16/h1-9H,10H2. The number of benzene rings is 2. The molecule has 1 heterocycles. The first kappa shape index (κ1) is 15.7. The third kappa shape index (κ3) is 3.58. The fraction of sp³-hybridized carbons (Fsp3) is 0.0556. The molecule has 0 aliphatic rings. The van der Waals surface area contributed by atoms with Gasteiger partial charge in [-0.2, -0.15) is 0 Å². The number of ketones is 2. The van der Waals surface area contributed by atoms with Crippen LogP contribution in [0.2, 0.25) is 10.0 Å². The Balaban J connectivity index is 1.83. The molecule has 0 saturated heterocycles. The summed E-state index contributed by atoms with van der Waals surface area (Å²) < 4.78 is 0. The van der Waals surface area contributed by atoms with Gasteiger partial charge in [0.25, 0.3) is 0 Å². The third-order valence-electron chi connectivity index (χ3n) is 3.43. The minimum absolute atomic E-state index is 0.234. The van der Waals surface area contributed by atoms with Gasteiger partial charge in [-0.05, 0) is 42.5 Å². The molecule has 0 radical (unpaired) electrons. The van der Waals surface area contributed by atoms with Gasteiger partial charge in [0.2, 0.25) is 0 Å². The van der Waals surface area contributed by atoms with Crippen LogP contribution in [0.15, 0.2) is 54.7 Å². The second kappa shape index (κ2) is 6.49. The number of pyridine rings is 1. The van der Waals surface area contributed by atoms with E-state index in [1.54, 1.807) is 30.5 Å². The molecular formula is C18H11Cl2NO2. The number of carbonyl (C=O) groups excluding carboxylic acids is 2. The fourth-order valence-electron chi connectivity index (χ4n) is 2.31. The van der Waals surface area contributed by atoms with Crippen molar-refractivity contribution >= 4 is 45.7 Å². The molecule has 0 aliphatic heterocycles. The molecule has 0 saturated carbocycles. The number of halogens is 2. The fourth-order valence-corrected chi connectivity index (χ4v) is 2.84. The Labute approximate surface area is 142 Å². The van der Waals surface area contributed by atoms with Crippen LogP contribution in [0, 0.1) is 0 Å². The lowest BCUT2D eigenvalue weighted by Crippen LogP contribution is -2.08. The summed E-state index contributed by atoms with van der Waals surface area (Å²) in [4.78, 5) is 28.8. The highest BCUT2D eigenvalue weighted by atomic mass is 35.5. The zero-order valence-corrected chi connectivity index (χ0v) is 13.4. The number of Topliss-reactive ketones (excluding diaryl/α,β-unsaturated/α-hetero) is 2. The normalized spacial score (nSPS) is 10.7. The molecule has 3 aromatic rings.